The number of hydrogen-bond acceptors (Lipinski definition) is 2. The Hall–Kier alpha value is -0.180. The molecule has 1 rings (SSSR count). The van der Waals surface area contributed by atoms with Gasteiger partial charge in [-0.3, -0.25) is 0 Å². The lowest BCUT2D eigenvalue weighted by Crippen LogP contribution is -2.11. The van der Waals surface area contributed by atoms with Crippen molar-refractivity contribution in [2.75, 3.05) is 12.3 Å². The Bertz CT molecular complexity index is 339. The van der Waals surface area contributed by atoms with E-state index in [4.69, 9.17) is 11.6 Å². The lowest BCUT2D eigenvalue weighted by Gasteiger charge is -2.08. The maximum absolute atomic E-state index is 6.25. The van der Waals surface area contributed by atoms with Crippen molar-refractivity contribution in [3.63, 3.8) is 0 Å². The molecule has 96 valence electrons. The van der Waals surface area contributed by atoms with Crippen LogP contribution in [0.3, 0.4) is 0 Å². The van der Waals surface area contributed by atoms with Gasteiger partial charge in [0.2, 0.25) is 0 Å². The van der Waals surface area contributed by atoms with Gasteiger partial charge in [-0.25, -0.2) is 0 Å². The fourth-order valence-corrected chi connectivity index (χ4v) is 2.94. The monoisotopic (exact) mass is 271 g/mol. The largest absolute Gasteiger partial charge is 0.313 e. The number of rotatable bonds is 7. The van der Waals surface area contributed by atoms with Gasteiger partial charge in [-0.15, -0.1) is 11.8 Å². The molecular weight excluding hydrogens is 250 g/mol. The van der Waals surface area contributed by atoms with Crippen molar-refractivity contribution in [3.05, 3.63) is 28.8 Å². The van der Waals surface area contributed by atoms with Crippen molar-refractivity contribution < 1.29 is 0 Å². The zero-order valence-electron chi connectivity index (χ0n) is 10.9. The van der Waals surface area contributed by atoms with Crippen LogP contribution in [0.15, 0.2) is 23.1 Å². The van der Waals surface area contributed by atoms with Crippen molar-refractivity contribution in [1.29, 1.82) is 0 Å². The predicted octanol–water partition coefficient (Wildman–Crippen LogP) is 4.59. The first kappa shape index (κ1) is 14.9. The molecule has 0 unspecified atom stereocenters. The minimum atomic E-state index is 0.769. The van der Waals surface area contributed by atoms with Crippen LogP contribution in [0.4, 0.5) is 0 Å². The van der Waals surface area contributed by atoms with Crippen LogP contribution in [-0.2, 0) is 6.54 Å². The van der Waals surface area contributed by atoms with E-state index in [9.17, 15) is 0 Å². The van der Waals surface area contributed by atoms with Crippen LogP contribution in [-0.4, -0.2) is 12.3 Å². The third-order valence-electron chi connectivity index (χ3n) is 2.55. The summed E-state index contributed by atoms with van der Waals surface area (Å²) in [4.78, 5) is 1.27. The van der Waals surface area contributed by atoms with Gasteiger partial charge in [-0.1, -0.05) is 38.4 Å². The second-order valence-corrected chi connectivity index (χ2v) is 6.14. The molecule has 0 spiro atoms. The smallest absolute Gasteiger partial charge is 0.0462 e. The molecule has 0 amide bonds. The van der Waals surface area contributed by atoms with Gasteiger partial charge in [0.15, 0.2) is 0 Å². The Kier molecular flexibility index (Phi) is 7.02. The van der Waals surface area contributed by atoms with E-state index in [2.05, 4.69) is 44.3 Å². The molecule has 1 nitrogen and oxygen atoms in total. The van der Waals surface area contributed by atoms with Gasteiger partial charge < -0.3 is 5.32 Å². The molecule has 0 saturated heterocycles. The normalized spacial score (nSPS) is 11.1. The molecule has 0 radical (unpaired) electrons. The number of thioether (sulfide) groups is 1. The summed E-state index contributed by atoms with van der Waals surface area (Å²) in [6.45, 7) is 8.44. The second-order valence-electron chi connectivity index (χ2n) is 4.56. The minimum absolute atomic E-state index is 0.769. The van der Waals surface area contributed by atoms with E-state index in [0.717, 1.165) is 24.0 Å². The molecule has 3 heteroatoms. The first-order valence-corrected chi connectivity index (χ1v) is 7.61. The van der Waals surface area contributed by atoms with E-state index in [0.29, 0.717) is 0 Å². The van der Waals surface area contributed by atoms with Gasteiger partial charge in [0.25, 0.3) is 0 Å². The van der Waals surface area contributed by atoms with Crippen LogP contribution in [0.5, 0.6) is 0 Å². The molecule has 0 atom stereocenters. The minimum Gasteiger partial charge on any atom is -0.313 e. The van der Waals surface area contributed by atoms with E-state index in [1.165, 1.54) is 22.6 Å². The molecular formula is C14H22ClNS. The van der Waals surface area contributed by atoms with Crippen molar-refractivity contribution >= 4 is 23.4 Å². The van der Waals surface area contributed by atoms with E-state index in [-0.39, 0.29) is 0 Å². The Balaban J connectivity index is 2.50. The van der Waals surface area contributed by atoms with Crippen LogP contribution >= 0.6 is 23.4 Å². The fraction of sp³-hybridized carbons (Fsp3) is 0.571. The van der Waals surface area contributed by atoms with Crippen molar-refractivity contribution in [3.8, 4) is 0 Å². The van der Waals surface area contributed by atoms with Crippen LogP contribution in [0.1, 0.15) is 32.8 Å². The van der Waals surface area contributed by atoms with E-state index in [1.807, 2.05) is 11.8 Å². The molecule has 0 aromatic heterocycles. The molecule has 1 aromatic carbocycles. The highest BCUT2D eigenvalue weighted by Crippen LogP contribution is 2.26. The Morgan fingerprint density at radius 2 is 2.12 bits per heavy atom. The highest BCUT2D eigenvalue weighted by Gasteiger charge is 2.02. The molecule has 0 aliphatic rings. The summed E-state index contributed by atoms with van der Waals surface area (Å²) in [5, 5.41) is 4.17. The summed E-state index contributed by atoms with van der Waals surface area (Å²) in [5.41, 5.74) is 1.18. The summed E-state index contributed by atoms with van der Waals surface area (Å²) in [5.74, 6) is 1.94. The summed E-state index contributed by atoms with van der Waals surface area (Å²) in [6, 6.07) is 6.38. The zero-order chi connectivity index (χ0) is 12.7. The van der Waals surface area contributed by atoms with Gasteiger partial charge in [-0.2, -0.15) is 0 Å². The third kappa shape index (κ3) is 5.80. The van der Waals surface area contributed by atoms with Gasteiger partial charge >= 0.3 is 0 Å². The Labute approximate surface area is 114 Å². The number of hydrogen-bond donors (Lipinski definition) is 1. The first-order valence-electron chi connectivity index (χ1n) is 6.25. The lowest BCUT2D eigenvalue weighted by atomic mass is 10.2. The van der Waals surface area contributed by atoms with Gasteiger partial charge in [0.05, 0.1) is 0 Å². The SMILES string of the molecule is CCNCc1ccc(SCCC(C)C)cc1Cl. The maximum Gasteiger partial charge on any atom is 0.0462 e. The summed E-state index contributed by atoms with van der Waals surface area (Å²) in [7, 11) is 0. The third-order valence-corrected chi connectivity index (χ3v) is 3.93. The summed E-state index contributed by atoms with van der Waals surface area (Å²) in [6.07, 6.45) is 1.25. The molecule has 1 N–H and O–H groups in total. The molecule has 0 heterocycles. The quantitative estimate of drug-likeness (QED) is 0.728. The predicted molar refractivity (Wildman–Crippen MR) is 79.0 cm³/mol. The second kappa shape index (κ2) is 8.02. The van der Waals surface area contributed by atoms with Crippen molar-refractivity contribution in [2.24, 2.45) is 5.92 Å². The summed E-state index contributed by atoms with van der Waals surface area (Å²) < 4.78 is 0. The molecule has 0 aliphatic heterocycles. The van der Waals surface area contributed by atoms with Crippen molar-refractivity contribution in [2.45, 2.75) is 38.6 Å². The maximum atomic E-state index is 6.25. The molecule has 1 aromatic rings. The zero-order valence-corrected chi connectivity index (χ0v) is 12.5. The van der Waals surface area contributed by atoms with Crippen LogP contribution in [0, 0.1) is 5.92 Å². The average Bonchev–Trinajstić information content (AvgIpc) is 2.27. The number of benzene rings is 1. The lowest BCUT2D eigenvalue weighted by molar-refractivity contribution is 0.632. The Morgan fingerprint density at radius 3 is 2.71 bits per heavy atom. The number of halogens is 1. The molecule has 0 fully saturated rings. The fourth-order valence-electron chi connectivity index (χ4n) is 1.43. The highest BCUT2D eigenvalue weighted by molar-refractivity contribution is 7.99. The molecule has 17 heavy (non-hydrogen) atoms. The highest BCUT2D eigenvalue weighted by atomic mass is 35.5. The van der Waals surface area contributed by atoms with Gasteiger partial charge in [0.1, 0.15) is 0 Å². The Morgan fingerprint density at radius 1 is 1.35 bits per heavy atom. The molecule has 0 saturated carbocycles. The van der Waals surface area contributed by atoms with E-state index < -0.39 is 0 Å². The topological polar surface area (TPSA) is 12.0 Å². The number of nitrogens with one attached hydrogen (secondary N) is 1. The average molecular weight is 272 g/mol. The van der Waals surface area contributed by atoms with Gasteiger partial charge in [-0.05, 0) is 42.3 Å². The van der Waals surface area contributed by atoms with Gasteiger partial charge in [0, 0.05) is 16.5 Å². The summed E-state index contributed by atoms with van der Waals surface area (Å²) >= 11 is 8.14. The van der Waals surface area contributed by atoms with Crippen LogP contribution in [0.25, 0.3) is 0 Å². The van der Waals surface area contributed by atoms with E-state index >= 15 is 0 Å². The van der Waals surface area contributed by atoms with Crippen molar-refractivity contribution in [1.82, 2.24) is 5.32 Å². The first-order chi connectivity index (χ1) is 8.13. The molecule has 0 bridgehead atoms. The van der Waals surface area contributed by atoms with Crippen LogP contribution in [0.2, 0.25) is 5.02 Å². The van der Waals surface area contributed by atoms with Crippen LogP contribution < -0.4 is 5.32 Å². The van der Waals surface area contributed by atoms with E-state index in [1.54, 1.807) is 0 Å². The standard InChI is InChI=1S/C14H22ClNS/c1-4-16-10-12-5-6-13(9-14(12)15)17-8-7-11(2)3/h5-6,9,11,16H,4,7-8,10H2,1-3H3. The molecule has 0 aliphatic carbocycles.